The fourth-order valence-corrected chi connectivity index (χ4v) is 2.01. The normalized spacial score (nSPS) is 10.3. The first kappa shape index (κ1) is 13.1. The minimum absolute atomic E-state index is 0.671. The van der Waals surface area contributed by atoms with Gasteiger partial charge in [0.25, 0.3) is 0 Å². The summed E-state index contributed by atoms with van der Waals surface area (Å²) in [6.07, 6.45) is 4.84. The molecule has 0 saturated heterocycles. The molecular formula is C15H15N5O. The summed E-state index contributed by atoms with van der Waals surface area (Å²) < 4.78 is 6.86. The Bertz CT molecular complexity index is 712. The maximum atomic E-state index is 5.23. The average Bonchev–Trinajstić information content (AvgIpc) is 3.08. The molecule has 0 bridgehead atoms. The molecule has 0 aliphatic heterocycles. The molecule has 0 spiro atoms. The van der Waals surface area contributed by atoms with Crippen LogP contribution in [0, 0.1) is 0 Å². The van der Waals surface area contributed by atoms with Gasteiger partial charge < -0.3 is 10.1 Å². The molecular weight excluding hydrogens is 266 g/mol. The van der Waals surface area contributed by atoms with Crippen molar-refractivity contribution in [3.8, 4) is 11.6 Å². The van der Waals surface area contributed by atoms with E-state index in [2.05, 4.69) is 20.4 Å². The first-order chi connectivity index (χ1) is 10.4. The predicted octanol–water partition coefficient (Wildman–Crippen LogP) is 2.28. The standard InChI is InChI=1S/C15H15N5O/c1-21-13-5-2-4-12(8-13)9-18-14-6-3-7-17-15(14)20-11-16-10-19-20/h2-8,10-11,18H,9H2,1H3. The summed E-state index contributed by atoms with van der Waals surface area (Å²) in [7, 11) is 1.66. The molecule has 0 aliphatic rings. The predicted molar refractivity (Wildman–Crippen MR) is 79.5 cm³/mol. The number of rotatable bonds is 5. The number of benzene rings is 1. The fourth-order valence-electron chi connectivity index (χ4n) is 2.01. The van der Waals surface area contributed by atoms with Crippen molar-refractivity contribution in [3.05, 3.63) is 60.8 Å². The van der Waals surface area contributed by atoms with Crippen LogP contribution in [0.2, 0.25) is 0 Å². The first-order valence-corrected chi connectivity index (χ1v) is 6.53. The summed E-state index contributed by atoms with van der Waals surface area (Å²) in [4.78, 5) is 8.29. The molecule has 0 fully saturated rings. The molecule has 6 nitrogen and oxygen atoms in total. The second kappa shape index (κ2) is 6.04. The molecule has 2 aromatic heterocycles. The number of nitrogens with zero attached hydrogens (tertiary/aromatic N) is 4. The summed E-state index contributed by atoms with van der Waals surface area (Å²) in [6, 6.07) is 11.8. The van der Waals surface area contributed by atoms with Crippen molar-refractivity contribution in [2.24, 2.45) is 0 Å². The van der Waals surface area contributed by atoms with E-state index in [1.54, 1.807) is 24.3 Å². The highest BCUT2D eigenvalue weighted by atomic mass is 16.5. The molecule has 3 aromatic rings. The number of ether oxygens (including phenoxy) is 1. The van der Waals surface area contributed by atoms with Gasteiger partial charge in [0.05, 0.1) is 12.8 Å². The lowest BCUT2D eigenvalue weighted by molar-refractivity contribution is 0.414. The lowest BCUT2D eigenvalue weighted by Gasteiger charge is -2.11. The monoisotopic (exact) mass is 281 g/mol. The number of pyridine rings is 1. The third kappa shape index (κ3) is 3.00. The van der Waals surface area contributed by atoms with Crippen LogP contribution in [0.15, 0.2) is 55.2 Å². The van der Waals surface area contributed by atoms with Crippen molar-refractivity contribution in [2.75, 3.05) is 12.4 Å². The van der Waals surface area contributed by atoms with Crippen molar-refractivity contribution < 1.29 is 4.74 Å². The van der Waals surface area contributed by atoms with Crippen LogP contribution in [0.5, 0.6) is 5.75 Å². The average molecular weight is 281 g/mol. The molecule has 0 saturated carbocycles. The van der Waals surface area contributed by atoms with Gasteiger partial charge >= 0.3 is 0 Å². The molecule has 6 heteroatoms. The van der Waals surface area contributed by atoms with Gasteiger partial charge in [-0.3, -0.25) is 0 Å². The van der Waals surface area contributed by atoms with Gasteiger partial charge in [-0.2, -0.15) is 5.10 Å². The van der Waals surface area contributed by atoms with E-state index < -0.39 is 0 Å². The first-order valence-electron chi connectivity index (χ1n) is 6.53. The zero-order valence-corrected chi connectivity index (χ0v) is 11.6. The van der Waals surface area contributed by atoms with E-state index in [4.69, 9.17) is 4.74 Å². The Balaban J connectivity index is 1.79. The smallest absolute Gasteiger partial charge is 0.178 e. The van der Waals surface area contributed by atoms with Gasteiger partial charge in [-0.1, -0.05) is 12.1 Å². The van der Waals surface area contributed by atoms with Crippen LogP contribution in [0.4, 0.5) is 5.69 Å². The highest BCUT2D eigenvalue weighted by Crippen LogP contribution is 2.18. The van der Waals surface area contributed by atoms with Gasteiger partial charge in [0, 0.05) is 12.7 Å². The van der Waals surface area contributed by atoms with Crippen molar-refractivity contribution in [2.45, 2.75) is 6.54 Å². The topological polar surface area (TPSA) is 64.9 Å². The van der Waals surface area contributed by atoms with Crippen LogP contribution in [0.3, 0.4) is 0 Å². The Morgan fingerprint density at radius 1 is 1.24 bits per heavy atom. The number of hydrogen-bond acceptors (Lipinski definition) is 5. The van der Waals surface area contributed by atoms with E-state index in [0.717, 1.165) is 22.8 Å². The molecule has 1 aromatic carbocycles. The van der Waals surface area contributed by atoms with Crippen molar-refractivity contribution in [1.82, 2.24) is 19.7 Å². The molecule has 3 rings (SSSR count). The Hall–Kier alpha value is -2.89. The number of anilines is 1. The summed E-state index contributed by atoms with van der Waals surface area (Å²) in [6.45, 7) is 0.671. The van der Waals surface area contributed by atoms with Crippen LogP contribution < -0.4 is 10.1 Å². The second-order valence-electron chi connectivity index (χ2n) is 4.42. The van der Waals surface area contributed by atoms with Crippen molar-refractivity contribution >= 4 is 5.69 Å². The van der Waals surface area contributed by atoms with Gasteiger partial charge in [0.15, 0.2) is 5.82 Å². The maximum Gasteiger partial charge on any atom is 0.178 e. The van der Waals surface area contributed by atoms with Crippen LogP contribution in [-0.4, -0.2) is 26.9 Å². The zero-order valence-electron chi connectivity index (χ0n) is 11.6. The van der Waals surface area contributed by atoms with Gasteiger partial charge in [-0.25, -0.2) is 14.6 Å². The van der Waals surface area contributed by atoms with Crippen LogP contribution in [0.25, 0.3) is 5.82 Å². The number of methoxy groups -OCH3 is 1. The molecule has 1 N–H and O–H groups in total. The zero-order chi connectivity index (χ0) is 14.5. The second-order valence-corrected chi connectivity index (χ2v) is 4.42. The van der Waals surface area contributed by atoms with Crippen LogP contribution in [0.1, 0.15) is 5.56 Å². The lowest BCUT2D eigenvalue weighted by Crippen LogP contribution is -2.06. The maximum absolute atomic E-state index is 5.23. The minimum Gasteiger partial charge on any atom is -0.497 e. The Morgan fingerprint density at radius 3 is 3.00 bits per heavy atom. The van der Waals surface area contributed by atoms with E-state index in [9.17, 15) is 0 Å². The van der Waals surface area contributed by atoms with Gasteiger partial charge in [-0.05, 0) is 29.8 Å². The molecule has 0 unspecified atom stereocenters. The summed E-state index contributed by atoms with van der Waals surface area (Å²) in [5.41, 5.74) is 2.02. The quantitative estimate of drug-likeness (QED) is 0.777. The van der Waals surface area contributed by atoms with Crippen LogP contribution >= 0.6 is 0 Å². The molecule has 0 amide bonds. The Morgan fingerprint density at radius 2 is 2.19 bits per heavy atom. The molecule has 0 aliphatic carbocycles. The van der Waals surface area contributed by atoms with Gasteiger partial charge in [0.2, 0.25) is 0 Å². The van der Waals surface area contributed by atoms with E-state index in [0.29, 0.717) is 6.54 Å². The van der Waals surface area contributed by atoms with E-state index in [1.807, 2.05) is 36.4 Å². The molecule has 2 heterocycles. The molecule has 21 heavy (non-hydrogen) atoms. The summed E-state index contributed by atoms with van der Waals surface area (Å²) in [5.74, 6) is 1.56. The summed E-state index contributed by atoms with van der Waals surface area (Å²) in [5, 5.41) is 7.48. The van der Waals surface area contributed by atoms with E-state index in [-0.39, 0.29) is 0 Å². The van der Waals surface area contributed by atoms with Gasteiger partial charge in [0.1, 0.15) is 18.4 Å². The van der Waals surface area contributed by atoms with E-state index in [1.165, 1.54) is 6.33 Å². The highest BCUT2D eigenvalue weighted by Gasteiger charge is 2.06. The number of aromatic nitrogens is 4. The highest BCUT2D eigenvalue weighted by molar-refractivity contribution is 5.56. The van der Waals surface area contributed by atoms with Crippen LogP contribution in [-0.2, 0) is 6.54 Å². The van der Waals surface area contributed by atoms with Gasteiger partial charge in [-0.15, -0.1) is 0 Å². The Labute approximate surface area is 122 Å². The van der Waals surface area contributed by atoms with Crippen molar-refractivity contribution in [1.29, 1.82) is 0 Å². The Kier molecular flexibility index (Phi) is 3.77. The third-order valence-corrected chi connectivity index (χ3v) is 3.04. The lowest BCUT2D eigenvalue weighted by atomic mass is 10.2. The third-order valence-electron chi connectivity index (χ3n) is 3.04. The SMILES string of the molecule is COc1cccc(CNc2cccnc2-n2cncn2)c1. The summed E-state index contributed by atoms with van der Waals surface area (Å²) >= 11 is 0. The molecule has 0 atom stereocenters. The minimum atomic E-state index is 0.671. The number of nitrogens with one attached hydrogen (secondary N) is 1. The largest absolute Gasteiger partial charge is 0.497 e. The van der Waals surface area contributed by atoms with E-state index >= 15 is 0 Å². The molecule has 0 radical (unpaired) electrons. The fraction of sp³-hybridized carbons (Fsp3) is 0.133. The number of hydrogen-bond donors (Lipinski definition) is 1. The van der Waals surface area contributed by atoms with Crippen molar-refractivity contribution in [3.63, 3.8) is 0 Å². The molecule has 106 valence electrons.